The summed E-state index contributed by atoms with van der Waals surface area (Å²) < 4.78 is 14.5. The van der Waals surface area contributed by atoms with Crippen LogP contribution in [0, 0.1) is 23.7 Å². The van der Waals surface area contributed by atoms with E-state index in [1.807, 2.05) is 0 Å². The van der Waals surface area contributed by atoms with E-state index in [0.29, 0.717) is 5.56 Å². The maximum absolute atomic E-state index is 11.9. The van der Waals surface area contributed by atoms with Gasteiger partial charge in [-0.3, -0.25) is 9.59 Å². The van der Waals surface area contributed by atoms with Crippen LogP contribution in [0.15, 0.2) is 18.2 Å². The topological polar surface area (TPSA) is 78.9 Å². The number of rotatable bonds is 8. The average molecular weight is 398 g/mol. The highest BCUT2D eigenvalue weighted by Crippen LogP contribution is 2.21. The molecule has 0 atom stereocenters. The van der Waals surface area contributed by atoms with Crippen molar-refractivity contribution in [3.8, 4) is 29.4 Å². The minimum Gasteiger partial charge on any atom is -0.465 e. The molecule has 0 fully saturated rings. The molecule has 1 aromatic rings. The van der Waals surface area contributed by atoms with Crippen LogP contribution in [-0.2, 0) is 19.1 Å². The molecule has 0 radical (unpaired) electrons. The summed E-state index contributed by atoms with van der Waals surface area (Å²) in [6, 6.07) is 4.80. The quantitative estimate of drug-likeness (QED) is 0.288. The standard InChI is InChI=1S/C23H26O6/c1-18(24)28-16-12-10-8-6-4-5-7-9-11-13-20-14-15-22(29-19(2)25)21(17-20)23(26)27-3/h14-15,17H,4-9,16H2,1-3H3. The number of esters is 3. The van der Waals surface area contributed by atoms with Gasteiger partial charge in [0.05, 0.1) is 7.11 Å². The van der Waals surface area contributed by atoms with E-state index in [9.17, 15) is 14.4 Å². The van der Waals surface area contributed by atoms with Gasteiger partial charge in [-0.2, -0.15) is 0 Å². The maximum Gasteiger partial charge on any atom is 0.341 e. The van der Waals surface area contributed by atoms with Gasteiger partial charge in [0.25, 0.3) is 0 Å². The van der Waals surface area contributed by atoms with E-state index >= 15 is 0 Å². The van der Waals surface area contributed by atoms with Crippen molar-refractivity contribution in [2.24, 2.45) is 0 Å². The lowest BCUT2D eigenvalue weighted by Crippen LogP contribution is -2.09. The maximum atomic E-state index is 11.9. The predicted molar refractivity (Wildman–Crippen MR) is 108 cm³/mol. The number of benzene rings is 1. The molecule has 0 spiro atoms. The van der Waals surface area contributed by atoms with Gasteiger partial charge in [0.2, 0.25) is 0 Å². The summed E-state index contributed by atoms with van der Waals surface area (Å²) in [6.45, 7) is 2.79. The van der Waals surface area contributed by atoms with Crippen LogP contribution in [0.1, 0.15) is 68.3 Å². The zero-order valence-corrected chi connectivity index (χ0v) is 17.1. The van der Waals surface area contributed by atoms with Gasteiger partial charge < -0.3 is 14.2 Å². The molecule has 6 heteroatoms. The van der Waals surface area contributed by atoms with Crippen molar-refractivity contribution in [1.29, 1.82) is 0 Å². The second-order valence-electron chi connectivity index (χ2n) is 6.15. The van der Waals surface area contributed by atoms with E-state index in [-0.39, 0.29) is 23.9 Å². The van der Waals surface area contributed by atoms with Crippen LogP contribution in [0.25, 0.3) is 0 Å². The lowest BCUT2D eigenvalue weighted by atomic mass is 10.1. The smallest absolute Gasteiger partial charge is 0.341 e. The number of hydrogen-bond acceptors (Lipinski definition) is 6. The zero-order chi connectivity index (χ0) is 21.5. The third-order valence-corrected chi connectivity index (χ3v) is 3.70. The van der Waals surface area contributed by atoms with Crippen LogP contribution < -0.4 is 4.74 Å². The average Bonchev–Trinajstić information content (AvgIpc) is 2.68. The van der Waals surface area contributed by atoms with Crippen LogP contribution >= 0.6 is 0 Å². The van der Waals surface area contributed by atoms with Crippen LogP contribution in [0.5, 0.6) is 5.75 Å². The molecule has 0 saturated heterocycles. The van der Waals surface area contributed by atoms with Crippen molar-refractivity contribution >= 4 is 17.9 Å². The first-order valence-electron chi connectivity index (χ1n) is 9.42. The third-order valence-electron chi connectivity index (χ3n) is 3.70. The Labute approximate surface area is 171 Å². The molecular formula is C23H26O6. The highest BCUT2D eigenvalue weighted by Gasteiger charge is 2.15. The van der Waals surface area contributed by atoms with Crippen molar-refractivity contribution in [3.63, 3.8) is 0 Å². The molecule has 0 amide bonds. The Morgan fingerprint density at radius 2 is 1.59 bits per heavy atom. The highest BCUT2D eigenvalue weighted by molar-refractivity contribution is 5.93. The monoisotopic (exact) mass is 398 g/mol. The van der Waals surface area contributed by atoms with Crippen LogP contribution in [0.2, 0.25) is 0 Å². The first-order valence-corrected chi connectivity index (χ1v) is 9.42. The molecule has 0 saturated carbocycles. The van der Waals surface area contributed by atoms with Crippen molar-refractivity contribution in [2.75, 3.05) is 13.7 Å². The van der Waals surface area contributed by atoms with Crippen molar-refractivity contribution in [3.05, 3.63) is 29.3 Å². The molecule has 0 aliphatic carbocycles. The van der Waals surface area contributed by atoms with E-state index in [1.165, 1.54) is 21.0 Å². The van der Waals surface area contributed by atoms with Crippen molar-refractivity contribution in [2.45, 2.75) is 52.4 Å². The van der Waals surface area contributed by atoms with Gasteiger partial charge in [0.1, 0.15) is 11.3 Å². The third kappa shape index (κ3) is 10.6. The fourth-order valence-corrected chi connectivity index (χ4v) is 2.34. The number of methoxy groups -OCH3 is 1. The molecule has 154 valence electrons. The van der Waals surface area contributed by atoms with Gasteiger partial charge in [0.15, 0.2) is 6.61 Å². The van der Waals surface area contributed by atoms with Crippen LogP contribution in [0.3, 0.4) is 0 Å². The van der Waals surface area contributed by atoms with E-state index in [1.54, 1.807) is 18.2 Å². The molecule has 0 aliphatic rings. The Hall–Kier alpha value is -3.25. The lowest BCUT2D eigenvalue weighted by Gasteiger charge is -2.07. The first-order chi connectivity index (χ1) is 13.9. The van der Waals surface area contributed by atoms with Gasteiger partial charge in [0, 0.05) is 32.3 Å². The first kappa shape index (κ1) is 23.8. The fourth-order valence-electron chi connectivity index (χ4n) is 2.34. The second-order valence-corrected chi connectivity index (χ2v) is 6.15. The molecular weight excluding hydrogens is 372 g/mol. The number of ether oxygens (including phenoxy) is 3. The normalized spacial score (nSPS) is 9.34. The van der Waals surface area contributed by atoms with E-state index in [2.05, 4.69) is 23.7 Å². The minimum atomic E-state index is -0.583. The number of unbranched alkanes of at least 4 members (excludes halogenated alkanes) is 5. The van der Waals surface area contributed by atoms with Crippen molar-refractivity contribution < 1.29 is 28.6 Å². The molecule has 29 heavy (non-hydrogen) atoms. The predicted octanol–water partition coefficient (Wildman–Crippen LogP) is 3.66. The molecule has 1 aromatic carbocycles. The van der Waals surface area contributed by atoms with E-state index in [4.69, 9.17) is 14.2 Å². The van der Waals surface area contributed by atoms with Crippen LogP contribution in [-0.4, -0.2) is 31.6 Å². The van der Waals surface area contributed by atoms with Gasteiger partial charge in [-0.1, -0.05) is 36.5 Å². The number of carbonyl (C=O) groups excluding carboxylic acids is 3. The molecule has 0 bridgehead atoms. The van der Waals surface area contributed by atoms with Crippen molar-refractivity contribution in [1.82, 2.24) is 0 Å². The largest absolute Gasteiger partial charge is 0.465 e. The Morgan fingerprint density at radius 3 is 2.21 bits per heavy atom. The summed E-state index contributed by atoms with van der Waals surface area (Å²) >= 11 is 0. The Kier molecular flexibility index (Phi) is 11.4. The summed E-state index contributed by atoms with van der Waals surface area (Å²) in [5.41, 5.74) is 0.827. The minimum absolute atomic E-state index is 0.157. The molecule has 0 N–H and O–H groups in total. The Balaban J connectivity index is 2.39. The number of carbonyl (C=O) groups is 3. The molecule has 0 aromatic heterocycles. The SMILES string of the molecule is COC(=O)c1cc(C#CCCCCCCC#CCOC(C)=O)ccc1OC(C)=O. The highest BCUT2D eigenvalue weighted by atomic mass is 16.5. The van der Waals surface area contributed by atoms with E-state index in [0.717, 1.165) is 38.5 Å². The summed E-state index contributed by atoms with van der Waals surface area (Å²) in [4.78, 5) is 33.6. The van der Waals surface area contributed by atoms with Gasteiger partial charge in [-0.25, -0.2) is 4.79 Å². The summed E-state index contributed by atoms with van der Waals surface area (Å²) in [6.07, 6.45) is 5.63. The summed E-state index contributed by atoms with van der Waals surface area (Å²) in [5.74, 6) is 10.6. The molecule has 1 rings (SSSR count). The van der Waals surface area contributed by atoms with Gasteiger partial charge in [-0.05, 0) is 31.0 Å². The Morgan fingerprint density at radius 1 is 0.897 bits per heavy atom. The van der Waals surface area contributed by atoms with E-state index < -0.39 is 11.9 Å². The van der Waals surface area contributed by atoms with Crippen LogP contribution in [0.4, 0.5) is 0 Å². The molecule has 0 unspecified atom stereocenters. The molecule has 6 nitrogen and oxygen atoms in total. The molecule has 0 aliphatic heterocycles. The van der Waals surface area contributed by atoms with Gasteiger partial charge >= 0.3 is 17.9 Å². The fraction of sp³-hybridized carbons (Fsp3) is 0.435. The summed E-state index contributed by atoms with van der Waals surface area (Å²) in [5, 5.41) is 0. The zero-order valence-electron chi connectivity index (χ0n) is 17.1. The van der Waals surface area contributed by atoms with Gasteiger partial charge in [-0.15, -0.1) is 0 Å². The Bertz CT molecular complexity index is 832. The lowest BCUT2D eigenvalue weighted by molar-refractivity contribution is -0.139. The second kappa shape index (κ2) is 13.8. The number of hydrogen-bond donors (Lipinski definition) is 0. The molecule has 0 heterocycles. The summed E-state index contributed by atoms with van der Waals surface area (Å²) in [7, 11) is 1.27.